The van der Waals surface area contributed by atoms with E-state index in [0.29, 0.717) is 6.42 Å². The molecule has 23 heavy (non-hydrogen) atoms. The first-order chi connectivity index (χ1) is 10.8. The molecule has 128 valence electrons. The number of hydrogen-bond donors (Lipinski definition) is 1. The molecule has 1 N–H and O–H groups in total. The Bertz CT molecular complexity index is 659. The summed E-state index contributed by atoms with van der Waals surface area (Å²) in [6.07, 6.45) is 1.21. The van der Waals surface area contributed by atoms with Crippen LogP contribution in [0.15, 0.2) is 17.1 Å². The molecule has 0 aliphatic heterocycles. The van der Waals surface area contributed by atoms with Crippen molar-refractivity contribution < 1.29 is 23.4 Å². The lowest BCUT2D eigenvalue weighted by atomic mass is 10.3. The normalized spacial score (nSPS) is 14.7. The first-order valence-electron chi connectivity index (χ1n) is 6.91. The van der Waals surface area contributed by atoms with Crippen molar-refractivity contribution in [3.05, 3.63) is 22.7 Å². The van der Waals surface area contributed by atoms with Crippen molar-refractivity contribution >= 4 is 25.1 Å². The summed E-state index contributed by atoms with van der Waals surface area (Å²) in [7, 11) is -2.27. The quantitative estimate of drug-likeness (QED) is 0.525. The first-order valence-corrected chi connectivity index (χ1v) is 8.79. The number of anilines is 1. The van der Waals surface area contributed by atoms with Gasteiger partial charge in [-0.1, -0.05) is 6.92 Å². The van der Waals surface area contributed by atoms with Crippen molar-refractivity contribution in [2.24, 2.45) is 0 Å². The molecular formula is C13H20N3O6P. The highest BCUT2D eigenvalue weighted by molar-refractivity contribution is 7.73. The summed E-state index contributed by atoms with van der Waals surface area (Å²) in [6, 6.07) is 1.73. The fourth-order valence-corrected chi connectivity index (χ4v) is 2.34. The van der Waals surface area contributed by atoms with Gasteiger partial charge in [0.05, 0.1) is 12.6 Å². The average Bonchev–Trinajstić information content (AvgIpc) is 2.52. The van der Waals surface area contributed by atoms with Crippen LogP contribution in [0.5, 0.6) is 0 Å². The van der Waals surface area contributed by atoms with Crippen LogP contribution in [0.3, 0.4) is 0 Å². The minimum atomic E-state index is -3.44. The van der Waals surface area contributed by atoms with E-state index >= 15 is 0 Å². The van der Waals surface area contributed by atoms with E-state index in [0.717, 1.165) is 0 Å². The molecule has 0 fully saturated rings. The van der Waals surface area contributed by atoms with E-state index in [-0.39, 0.29) is 30.6 Å². The van der Waals surface area contributed by atoms with Gasteiger partial charge in [0.15, 0.2) is 0 Å². The minimum Gasteiger partial charge on any atom is -0.366 e. The smallest absolute Gasteiger partial charge is 0.349 e. The Labute approximate surface area is 133 Å². The van der Waals surface area contributed by atoms with Gasteiger partial charge in [-0.3, -0.25) is 18.7 Å². The molecular weight excluding hydrogens is 325 g/mol. The van der Waals surface area contributed by atoms with Crippen molar-refractivity contribution in [2.75, 3.05) is 18.8 Å². The Hall–Kier alpha value is -1.83. The van der Waals surface area contributed by atoms with Crippen LogP contribution < -0.4 is 11.0 Å². The van der Waals surface area contributed by atoms with Gasteiger partial charge in [0, 0.05) is 20.2 Å². The zero-order chi connectivity index (χ0) is 17.5. The molecule has 1 rings (SSSR count). The van der Waals surface area contributed by atoms with Crippen molar-refractivity contribution in [3.63, 3.8) is 0 Å². The van der Waals surface area contributed by atoms with Gasteiger partial charge in [0.25, 0.3) is 7.37 Å². The summed E-state index contributed by atoms with van der Waals surface area (Å²) >= 11 is 0. The van der Waals surface area contributed by atoms with E-state index in [1.54, 1.807) is 0 Å². The lowest BCUT2D eigenvalue weighted by Gasteiger charge is -2.19. The average molecular weight is 345 g/mol. The van der Waals surface area contributed by atoms with Crippen LogP contribution in [-0.4, -0.2) is 41.0 Å². The Morgan fingerprint density at radius 1 is 1.57 bits per heavy atom. The predicted molar refractivity (Wildman–Crippen MR) is 84.2 cm³/mol. The zero-order valence-electron chi connectivity index (χ0n) is 13.2. The number of nitrogens with one attached hydrogen (secondary N) is 1. The summed E-state index contributed by atoms with van der Waals surface area (Å²) in [4.78, 5) is 37.3. The van der Waals surface area contributed by atoms with Gasteiger partial charge in [0.1, 0.15) is 12.2 Å². The third kappa shape index (κ3) is 6.05. The van der Waals surface area contributed by atoms with Gasteiger partial charge < -0.3 is 14.6 Å². The van der Waals surface area contributed by atoms with Crippen LogP contribution in [0.1, 0.15) is 20.3 Å². The van der Waals surface area contributed by atoms with Gasteiger partial charge in [0.2, 0.25) is 11.9 Å². The highest BCUT2D eigenvalue weighted by Gasteiger charge is 2.23. The van der Waals surface area contributed by atoms with Gasteiger partial charge in [-0.15, -0.1) is 0 Å². The van der Waals surface area contributed by atoms with Crippen LogP contribution >= 0.6 is 7.37 Å². The molecule has 1 aromatic heterocycles. The van der Waals surface area contributed by atoms with Crippen molar-refractivity contribution in [2.45, 2.75) is 32.9 Å². The maximum atomic E-state index is 11.9. The summed E-state index contributed by atoms with van der Waals surface area (Å²) in [5.74, 6) is -0.161. The molecule has 0 aliphatic carbocycles. The lowest BCUT2D eigenvalue weighted by Crippen LogP contribution is -2.30. The maximum Gasteiger partial charge on any atom is 0.349 e. The van der Waals surface area contributed by atoms with E-state index in [1.807, 2.05) is 6.92 Å². The molecule has 2 atom stereocenters. The second kappa shape index (κ2) is 8.71. The standard InChI is InChI=1S/C13H20N3O6P/c1-4-11(22-9-23(20,8-17)21-3)7-16-6-5-12(14-10(2)18)15-13(16)19/h5-6,8,11H,4,7,9H2,1-3H3,(H,14,15,18,19). The number of carbonyl (C=O) groups is 2. The third-order valence-electron chi connectivity index (χ3n) is 2.99. The second-order valence-electron chi connectivity index (χ2n) is 4.77. The SMILES string of the molecule is CCC(Cn1ccc(NC(C)=O)nc1=O)OCP(=O)(C=O)OC. The molecule has 0 aromatic carbocycles. The Morgan fingerprint density at radius 2 is 2.26 bits per heavy atom. The van der Waals surface area contributed by atoms with Crippen molar-refractivity contribution in [3.8, 4) is 0 Å². The molecule has 10 heteroatoms. The molecule has 1 aromatic rings. The van der Waals surface area contributed by atoms with Gasteiger partial charge >= 0.3 is 5.69 Å². The first kappa shape index (κ1) is 19.2. The highest BCUT2D eigenvalue weighted by Crippen LogP contribution is 2.42. The molecule has 0 saturated heterocycles. The van der Waals surface area contributed by atoms with Crippen LogP contribution in [0, 0.1) is 0 Å². The molecule has 9 nitrogen and oxygen atoms in total. The Kier molecular flexibility index (Phi) is 7.28. The lowest BCUT2D eigenvalue weighted by molar-refractivity contribution is -0.114. The fraction of sp³-hybridized carbons (Fsp3) is 0.538. The van der Waals surface area contributed by atoms with Crippen LogP contribution in [-0.2, 0) is 30.0 Å². The molecule has 0 radical (unpaired) electrons. The molecule has 0 bridgehead atoms. The Morgan fingerprint density at radius 3 is 2.74 bits per heavy atom. The maximum absolute atomic E-state index is 11.9. The number of rotatable bonds is 9. The predicted octanol–water partition coefficient (Wildman–Crippen LogP) is 1.07. The largest absolute Gasteiger partial charge is 0.366 e. The van der Waals surface area contributed by atoms with Gasteiger partial charge in [-0.2, -0.15) is 4.98 Å². The Balaban J connectivity index is 2.76. The van der Waals surface area contributed by atoms with Crippen LogP contribution in [0.2, 0.25) is 0 Å². The molecule has 2 unspecified atom stereocenters. The van der Waals surface area contributed by atoms with Crippen molar-refractivity contribution in [1.29, 1.82) is 0 Å². The molecule has 0 aliphatic rings. The van der Waals surface area contributed by atoms with E-state index in [1.165, 1.54) is 30.9 Å². The van der Waals surface area contributed by atoms with Gasteiger partial charge in [-0.25, -0.2) is 4.79 Å². The molecule has 0 spiro atoms. The van der Waals surface area contributed by atoms with E-state index < -0.39 is 19.2 Å². The summed E-state index contributed by atoms with van der Waals surface area (Å²) in [5.41, 5.74) is -0.552. The van der Waals surface area contributed by atoms with Crippen LogP contribution in [0.4, 0.5) is 5.82 Å². The summed E-state index contributed by atoms with van der Waals surface area (Å²) in [6.45, 7) is 3.31. The number of ether oxygens (including phenoxy) is 1. The van der Waals surface area contributed by atoms with E-state index in [9.17, 15) is 18.9 Å². The highest BCUT2D eigenvalue weighted by atomic mass is 31.2. The second-order valence-corrected chi connectivity index (χ2v) is 7.06. The fourth-order valence-electron chi connectivity index (χ4n) is 1.67. The van der Waals surface area contributed by atoms with Crippen LogP contribution in [0.25, 0.3) is 0 Å². The molecule has 0 saturated carbocycles. The number of aromatic nitrogens is 2. The number of carbonyl (C=O) groups excluding carboxylic acids is 2. The minimum absolute atomic E-state index is 0.164. The number of amides is 1. The van der Waals surface area contributed by atoms with Crippen molar-refractivity contribution in [1.82, 2.24) is 9.55 Å². The zero-order valence-corrected chi connectivity index (χ0v) is 14.1. The summed E-state index contributed by atoms with van der Waals surface area (Å²) in [5, 5.41) is 2.41. The topological polar surface area (TPSA) is 117 Å². The third-order valence-corrected chi connectivity index (χ3v) is 4.44. The molecule has 1 heterocycles. The van der Waals surface area contributed by atoms with Gasteiger partial charge in [-0.05, 0) is 12.5 Å². The van der Waals surface area contributed by atoms with E-state index in [2.05, 4.69) is 14.8 Å². The molecule has 1 amide bonds. The van der Waals surface area contributed by atoms with E-state index in [4.69, 9.17) is 4.74 Å². The number of nitrogens with zero attached hydrogens (tertiary/aromatic N) is 2. The monoisotopic (exact) mass is 345 g/mol. The number of hydrogen-bond acceptors (Lipinski definition) is 7. The summed E-state index contributed by atoms with van der Waals surface area (Å²) < 4.78 is 23.2.